The predicted octanol–water partition coefficient (Wildman–Crippen LogP) is 0.755. The fraction of sp³-hybridized carbons (Fsp3) is 0. The van der Waals surface area contributed by atoms with Crippen molar-refractivity contribution < 1.29 is 18.3 Å². The molecule has 0 aliphatic carbocycles. The number of hydrogen-bond acceptors (Lipinski definition) is 3. The molecule has 0 atom stereocenters. The van der Waals surface area contributed by atoms with Crippen molar-refractivity contribution in [1.82, 2.24) is 0 Å². The molecule has 0 bridgehead atoms. The summed E-state index contributed by atoms with van der Waals surface area (Å²) in [4.78, 5) is 10.4. The van der Waals surface area contributed by atoms with Crippen LogP contribution in [0.25, 0.3) is 6.08 Å². The normalized spacial score (nSPS) is 10.9. The highest BCUT2D eigenvalue weighted by Crippen LogP contribution is 2.07. The maximum absolute atomic E-state index is 10.6. The lowest BCUT2D eigenvalue weighted by molar-refractivity contribution is -0.131. The molecule has 1 N–H and O–H groups in total. The van der Waals surface area contributed by atoms with Gasteiger partial charge in [0.2, 0.25) is 0 Å². The van der Waals surface area contributed by atoms with Gasteiger partial charge in [0.1, 0.15) is 0 Å². The van der Waals surface area contributed by atoms with Crippen LogP contribution in [0.5, 0.6) is 0 Å². The van der Waals surface area contributed by atoms with E-state index < -0.39 is 16.7 Å². The Morgan fingerprint density at radius 1 is 1.36 bits per heavy atom. The van der Waals surface area contributed by atoms with E-state index >= 15 is 0 Å². The molecule has 0 spiro atoms. The van der Waals surface area contributed by atoms with Crippen LogP contribution in [-0.2, 0) is 15.5 Å². The minimum Gasteiger partial charge on any atom is -0.478 e. The maximum Gasteiger partial charge on any atom is 0.328 e. The van der Waals surface area contributed by atoms with Gasteiger partial charge in [-0.05, 0) is 23.8 Å². The monoisotopic (exact) mass is 212 g/mol. The molecule has 0 heterocycles. The van der Waals surface area contributed by atoms with Crippen molar-refractivity contribution in [2.24, 2.45) is 0 Å². The molecule has 0 unspecified atom stereocenters. The standard InChI is InChI=1S/C9H8O4S/c10-9(11)5-4-7-2-1-3-8(6-7)14(12)13/h1-6,14H,(H,10,11)/b5-4+. The van der Waals surface area contributed by atoms with Crippen LogP contribution in [0.2, 0.25) is 0 Å². The highest BCUT2D eigenvalue weighted by Gasteiger charge is 1.95. The fourth-order valence-electron chi connectivity index (χ4n) is 0.910. The molecule has 1 aromatic rings. The van der Waals surface area contributed by atoms with E-state index in [2.05, 4.69) is 0 Å². The van der Waals surface area contributed by atoms with Gasteiger partial charge in [-0.2, -0.15) is 0 Å². The van der Waals surface area contributed by atoms with Crippen molar-refractivity contribution in [2.75, 3.05) is 0 Å². The Labute approximate surface area is 82.4 Å². The number of thiol groups is 1. The molecule has 0 aromatic heterocycles. The molecule has 0 fully saturated rings. The number of carboxylic acid groups (broad SMARTS) is 1. The Hall–Kier alpha value is -1.62. The Morgan fingerprint density at radius 3 is 2.64 bits per heavy atom. The minimum atomic E-state index is -2.62. The molecule has 0 radical (unpaired) electrons. The molecule has 0 aliphatic rings. The van der Waals surface area contributed by atoms with Crippen molar-refractivity contribution in [3.63, 3.8) is 0 Å². The van der Waals surface area contributed by atoms with E-state index in [-0.39, 0.29) is 4.90 Å². The van der Waals surface area contributed by atoms with E-state index in [0.717, 1.165) is 6.08 Å². The predicted molar refractivity (Wildman–Crippen MR) is 51.7 cm³/mol. The lowest BCUT2D eigenvalue weighted by atomic mass is 10.2. The number of hydrogen-bond donors (Lipinski definition) is 2. The lowest BCUT2D eigenvalue weighted by Crippen LogP contribution is -1.86. The second kappa shape index (κ2) is 4.57. The maximum atomic E-state index is 10.6. The summed E-state index contributed by atoms with van der Waals surface area (Å²) in [6, 6.07) is 6.04. The summed E-state index contributed by atoms with van der Waals surface area (Å²) in [7, 11) is -2.62. The van der Waals surface area contributed by atoms with Crippen LogP contribution in [0.15, 0.2) is 35.2 Å². The van der Waals surface area contributed by atoms with Gasteiger partial charge in [0, 0.05) is 6.08 Å². The first kappa shape index (κ1) is 10.5. The summed E-state index contributed by atoms with van der Waals surface area (Å²) in [5.41, 5.74) is 0.545. The SMILES string of the molecule is O=C(O)/C=C/c1cccc([SH](=O)=O)c1. The largest absolute Gasteiger partial charge is 0.478 e. The molecule has 4 nitrogen and oxygen atoms in total. The van der Waals surface area contributed by atoms with Crippen molar-refractivity contribution >= 4 is 22.7 Å². The molecule has 0 amide bonds. The number of benzene rings is 1. The first-order valence-corrected chi connectivity index (χ1v) is 4.93. The van der Waals surface area contributed by atoms with Crippen LogP contribution < -0.4 is 0 Å². The van der Waals surface area contributed by atoms with E-state index in [1.165, 1.54) is 18.2 Å². The number of carbonyl (C=O) groups is 1. The molecule has 0 saturated carbocycles. The van der Waals surface area contributed by atoms with Crippen LogP contribution in [0.3, 0.4) is 0 Å². The first-order chi connectivity index (χ1) is 6.59. The smallest absolute Gasteiger partial charge is 0.328 e. The average molecular weight is 212 g/mol. The topological polar surface area (TPSA) is 71.4 Å². The summed E-state index contributed by atoms with van der Waals surface area (Å²) in [5, 5.41) is 8.35. The second-order valence-corrected chi connectivity index (χ2v) is 3.55. The highest BCUT2D eigenvalue weighted by atomic mass is 32.2. The van der Waals surface area contributed by atoms with Gasteiger partial charge < -0.3 is 5.11 Å². The van der Waals surface area contributed by atoms with Crippen LogP contribution in [0.1, 0.15) is 5.56 Å². The molecule has 74 valence electrons. The van der Waals surface area contributed by atoms with Crippen molar-refractivity contribution in [3.8, 4) is 0 Å². The van der Waals surface area contributed by atoms with Crippen molar-refractivity contribution in [2.45, 2.75) is 4.90 Å². The molecular formula is C9H8O4S. The van der Waals surface area contributed by atoms with E-state index in [1.54, 1.807) is 12.1 Å². The second-order valence-electron chi connectivity index (χ2n) is 2.52. The van der Waals surface area contributed by atoms with Gasteiger partial charge >= 0.3 is 5.97 Å². The summed E-state index contributed by atoms with van der Waals surface area (Å²) in [5.74, 6) is -1.07. The van der Waals surface area contributed by atoms with Gasteiger partial charge in [-0.25, -0.2) is 13.2 Å². The number of aliphatic carboxylic acids is 1. The van der Waals surface area contributed by atoms with Crippen molar-refractivity contribution in [3.05, 3.63) is 35.9 Å². The van der Waals surface area contributed by atoms with Gasteiger partial charge in [-0.3, -0.25) is 0 Å². The molecule has 0 aliphatic heterocycles. The third-order valence-corrected chi connectivity index (χ3v) is 2.20. The Morgan fingerprint density at radius 2 is 2.07 bits per heavy atom. The van der Waals surface area contributed by atoms with E-state index in [9.17, 15) is 13.2 Å². The average Bonchev–Trinajstić information content (AvgIpc) is 2.15. The van der Waals surface area contributed by atoms with Crippen LogP contribution in [0.4, 0.5) is 0 Å². The quantitative estimate of drug-likeness (QED) is 0.573. The van der Waals surface area contributed by atoms with Crippen LogP contribution >= 0.6 is 0 Å². The number of rotatable bonds is 3. The summed E-state index contributed by atoms with van der Waals surface area (Å²) >= 11 is 0. The molecule has 0 saturated heterocycles. The molecule has 1 rings (SSSR count). The summed E-state index contributed by atoms with van der Waals surface area (Å²) in [6.45, 7) is 0. The summed E-state index contributed by atoms with van der Waals surface area (Å²) < 4.78 is 21.2. The van der Waals surface area contributed by atoms with Crippen LogP contribution in [0, 0.1) is 0 Å². The molecular weight excluding hydrogens is 204 g/mol. The van der Waals surface area contributed by atoms with E-state index in [1.807, 2.05) is 0 Å². The van der Waals surface area contributed by atoms with Gasteiger partial charge in [0.25, 0.3) is 0 Å². The zero-order valence-electron chi connectivity index (χ0n) is 7.08. The fourth-order valence-corrected chi connectivity index (χ4v) is 1.37. The third-order valence-electron chi connectivity index (χ3n) is 1.50. The van der Waals surface area contributed by atoms with Gasteiger partial charge in [-0.15, -0.1) is 0 Å². The van der Waals surface area contributed by atoms with E-state index in [0.29, 0.717) is 5.56 Å². The molecule has 1 aromatic carbocycles. The number of carboxylic acids is 1. The van der Waals surface area contributed by atoms with Gasteiger partial charge in [-0.1, -0.05) is 12.1 Å². The zero-order valence-corrected chi connectivity index (χ0v) is 7.98. The van der Waals surface area contributed by atoms with Gasteiger partial charge in [0.15, 0.2) is 10.7 Å². The zero-order chi connectivity index (χ0) is 10.6. The van der Waals surface area contributed by atoms with E-state index in [4.69, 9.17) is 5.11 Å². The Balaban J connectivity index is 3.00. The first-order valence-electron chi connectivity index (χ1n) is 3.75. The summed E-state index contributed by atoms with van der Waals surface area (Å²) in [6.07, 6.45) is 2.29. The lowest BCUT2D eigenvalue weighted by Gasteiger charge is -1.93. The van der Waals surface area contributed by atoms with Gasteiger partial charge in [0.05, 0.1) is 4.90 Å². The Bertz CT molecular complexity index is 438. The van der Waals surface area contributed by atoms with Crippen LogP contribution in [-0.4, -0.2) is 19.5 Å². The van der Waals surface area contributed by atoms with Crippen molar-refractivity contribution in [1.29, 1.82) is 0 Å². The Kier molecular flexibility index (Phi) is 3.41. The minimum absolute atomic E-state index is 0.174. The molecule has 5 heteroatoms. The highest BCUT2D eigenvalue weighted by molar-refractivity contribution is 7.72. The molecule has 14 heavy (non-hydrogen) atoms. The third kappa shape index (κ3) is 3.02.